The maximum atomic E-state index is 12.5. The Balaban J connectivity index is 2.13. The molecule has 1 aliphatic heterocycles. The Hall–Kier alpha value is -0.720. The quantitative estimate of drug-likeness (QED) is 0.924. The number of aliphatic hydroxyl groups excluding tert-OH is 1. The highest BCUT2D eigenvalue weighted by Gasteiger charge is 2.33. The Morgan fingerprint density at radius 1 is 1.30 bits per heavy atom. The van der Waals surface area contributed by atoms with E-state index >= 15 is 0 Å². The Labute approximate surface area is 121 Å². The summed E-state index contributed by atoms with van der Waals surface area (Å²) in [6, 6.07) is 5.30. The molecular weight excluding hydrogens is 287 g/mol. The summed E-state index contributed by atoms with van der Waals surface area (Å²) in [4.78, 5) is 2.14. The highest BCUT2D eigenvalue weighted by molar-refractivity contribution is 7.98. The lowest BCUT2D eigenvalue weighted by atomic mass is 10.0. The van der Waals surface area contributed by atoms with Crippen molar-refractivity contribution in [1.29, 1.82) is 0 Å². The number of alkyl halides is 3. The second-order valence-electron chi connectivity index (χ2n) is 5.01. The van der Waals surface area contributed by atoms with Crippen molar-refractivity contribution in [3.05, 3.63) is 35.4 Å². The largest absolute Gasteiger partial charge is 0.416 e. The minimum Gasteiger partial charge on any atom is -0.392 e. The van der Waals surface area contributed by atoms with E-state index in [4.69, 9.17) is 0 Å². The maximum Gasteiger partial charge on any atom is 0.416 e. The van der Waals surface area contributed by atoms with Crippen LogP contribution in [0.15, 0.2) is 24.3 Å². The average molecular weight is 305 g/mol. The van der Waals surface area contributed by atoms with Gasteiger partial charge in [-0.2, -0.15) is 24.9 Å². The van der Waals surface area contributed by atoms with Gasteiger partial charge in [0.1, 0.15) is 0 Å². The first-order chi connectivity index (χ1) is 9.41. The molecule has 0 aromatic heterocycles. The van der Waals surface area contributed by atoms with E-state index in [2.05, 4.69) is 4.90 Å². The van der Waals surface area contributed by atoms with Crippen molar-refractivity contribution < 1.29 is 18.3 Å². The van der Waals surface area contributed by atoms with Crippen LogP contribution in [0.25, 0.3) is 0 Å². The standard InChI is InChI=1S/C14H18F3NOS/c1-20-7-6-18-9-12(19)8-13(18)10-2-4-11(5-3-10)14(15,16)17/h2-5,12-13,19H,6-9H2,1H3. The third kappa shape index (κ3) is 3.68. The Bertz CT molecular complexity index is 435. The molecule has 2 rings (SSSR count). The van der Waals surface area contributed by atoms with Crippen LogP contribution in [-0.2, 0) is 6.18 Å². The zero-order valence-corrected chi connectivity index (χ0v) is 12.0. The van der Waals surface area contributed by atoms with Crippen molar-refractivity contribution in [2.75, 3.05) is 25.1 Å². The second kappa shape index (κ2) is 6.37. The zero-order valence-electron chi connectivity index (χ0n) is 11.2. The van der Waals surface area contributed by atoms with Gasteiger partial charge < -0.3 is 5.11 Å². The van der Waals surface area contributed by atoms with E-state index in [0.29, 0.717) is 13.0 Å². The number of β-amino-alcohol motifs (C(OH)–C–C–N with tert-alkyl or cyclic N) is 1. The van der Waals surface area contributed by atoms with Gasteiger partial charge in [0, 0.05) is 24.9 Å². The van der Waals surface area contributed by atoms with Crippen LogP contribution in [0.4, 0.5) is 13.2 Å². The molecule has 0 bridgehead atoms. The van der Waals surface area contributed by atoms with Gasteiger partial charge in [0.15, 0.2) is 0 Å². The molecule has 1 heterocycles. The first-order valence-electron chi connectivity index (χ1n) is 6.50. The van der Waals surface area contributed by atoms with Gasteiger partial charge in [0.05, 0.1) is 11.7 Å². The van der Waals surface area contributed by atoms with E-state index in [0.717, 1.165) is 30.0 Å². The Morgan fingerprint density at radius 2 is 1.95 bits per heavy atom. The van der Waals surface area contributed by atoms with Gasteiger partial charge >= 0.3 is 6.18 Å². The SMILES string of the molecule is CSCCN1CC(O)CC1c1ccc(C(F)(F)F)cc1. The molecule has 1 aromatic carbocycles. The number of thioether (sulfide) groups is 1. The van der Waals surface area contributed by atoms with Crippen LogP contribution >= 0.6 is 11.8 Å². The molecule has 6 heteroatoms. The van der Waals surface area contributed by atoms with Gasteiger partial charge in [-0.15, -0.1) is 0 Å². The van der Waals surface area contributed by atoms with Gasteiger partial charge in [-0.05, 0) is 30.4 Å². The monoisotopic (exact) mass is 305 g/mol. The highest BCUT2D eigenvalue weighted by atomic mass is 32.2. The zero-order chi connectivity index (χ0) is 14.8. The van der Waals surface area contributed by atoms with E-state index < -0.39 is 17.8 Å². The summed E-state index contributed by atoms with van der Waals surface area (Å²) in [5.41, 5.74) is 0.214. The van der Waals surface area contributed by atoms with Crippen molar-refractivity contribution in [2.24, 2.45) is 0 Å². The van der Waals surface area contributed by atoms with Gasteiger partial charge in [0.25, 0.3) is 0 Å². The fourth-order valence-corrected chi connectivity index (χ4v) is 2.99. The molecular formula is C14H18F3NOS. The summed E-state index contributed by atoms with van der Waals surface area (Å²) >= 11 is 1.72. The predicted molar refractivity (Wildman–Crippen MR) is 74.8 cm³/mol. The van der Waals surface area contributed by atoms with Gasteiger partial charge in [0.2, 0.25) is 0 Å². The summed E-state index contributed by atoms with van der Waals surface area (Å²) in [5.74, 6) is 0.948. The van der Waals surface area contributed by atoms with Crippen LogP contribution in [0.1, 0.15) is 23.6 Å². The van der Waals surface area contributed by atoms with E-state index in [1.165, 1.54) is 12.1 Å². The molecule has 0 saturated carbocycles. The van der Waals surface area contributed by atoms with E-state index in [-0.39, 0.29) is 6.04 Å². The first kappa shape index (κ1) is 15.7. The molecule has 1 fully saturated rings. The van der Waals surface area contributed by atoms with Crippen molar-refractivity contribution in [3.63, 3.8) is 0 Å². The maximum absolute atomic E-state index is 12.5. The second-order valence-corrected chi connectivity index (χ2v) is 6.00. The number of hydrogen-bond acceptors (Lipinski definition) is 3. The summed E-state index contributed by atoms with van der Waals surface area (Å²) in [6.07, 6.45) is -2.10. The van der Waals surface area contributed by atoms with Crippen molar-refractivity contribution in [3.8, 4) is 0 Å². The lowest BCUT2D eigenvalue weighted by Crippen LogP contribution is -2.27. The van der Waals surface area contributed by atoms with Crippen LogP contribution in [0.5, 0.6) is 0 Å². The molecule has 1 saturated heterocycles. The molecule has 1 aromatic rings. The molecule has 112 valence electrons. The number of rotatable bonds is 4. The van der Waals surface area contributed by atoms with E-state index in [9.17, 15) is 18.3 Å². The minimum absolute atomic E-state index is 0.0134. The van der Waals surface area contributed by atoms with Crippen LogP contribution in [0.2, 0.25) is 0 Å². The number of benzene rings is 1. The van der Waals surface area contributed by atoms with Crippen LogP contribution in [0.3, 0.4) is 0 Å². The fourth-order valence-electron chi connectivity index (χ4n) is 2.58. The fraction of sp³-hybridized carbons (Fsp3) is 0.571. The van der Waals surface area contributed by atoms with Crippen molar-refractivity contribution >= 4 is 11.8 Å². The van der Waals surface area contributed by atoms with Gasteiger partial charge in [-0.25, -0.2) is 0 Å². The molecule has 2 unspecified atom stereocenters. The molecule has 1 aliphatic rings. The molecule has 2 nitrogen and oxygen atoms in total. The Kier molecular flexibility index (Phi) is 4.99. The summed E-state index contributed by atoms with van der Waals surface area (Å²) in [6.45, 7) is 1.43. The summed E-state index contributed by atoms with van der Waals surface area (Å²) in [7, 11) is 0. The number of hydrogen-bond donors (Lipinski definition) is 1. The smallest absolute Gasteiger partial charge is 0.392 e. The van der Waals surface area contributed by atoms with Crippen molar-refractivity contribution in [1.82, 2.24) is 4.90 Å². The molecule has 0 spiro atoms. The molecule has 0 aliphatic carbocycles. The Morgan fingerprint density at radius 3 is 2.50 bits per heavy atom. The molecule has 1 N–H and O–H groups in total. The van der Waals surface area contributed by atoms with E-state index in [1.54, 1.807) is 11.8 Å². The summed E-state index contributed by atoms with van der Waals surface area (Å²) < 4.78 is 37.6. The predicted octanol–water partition coefficient (Wildman–Crippen LogP) is 3.18. The molecule has 0 amide bonds. The lowest BCUT2D eigenvalue weighted by Gasteiger charge is -2.24. The molecule has 2 atom stereocenters. The minimum atomic E-state index is -4.30. The van der Waals surface area contributed by atoms with Gasteiger partial charge in [-0.3, -0.25) is 4.90 Å². The first-order valence-corrected chi connectivity index (χ1v) is 7.89. The van der Waals surface area contributed by atoms with Crippen LogP contribution in [0, 0.1) is 0 Å². The third-order valence-electron chi connectivity index (χ3n) is 3.59. The van der Waals surface area contributed by atoms with Crippen LogP contribution in [-0.4, -0.2) is 41.2 Å². The highest BCUT2D eigenvalue weighted by Crippen LogP contribution is 2.34. The van der Waals surface area contributed by atoms with Crippen molar-refractivity contribution in [2.45, 2.75) is 24.7 Å². The summed E-state index contributed by atoms with van der Waals surface area (Å²) in [5, 5.41) is 9.79. The average Bonchev–Trinajstić information content (AvgIpc) is 2.76. The van der Waals surface area contributed by atoms with Gasteiger partial charge in [-0.1, -0.05) is 12.1 Å². The normalized spacial score (nSPS) is 24.2. The van der Waals surface area contributed by atoms with Crippen LogP contribution < -0.4 is 0 Å². The third-order valence-corrected chi connectivity index (χ3v) is 4.18. The molecule has 0 radical (unpaired) electrons. The number of nitrogens with zero attached hydrogens (tertiary/aromatic N) is 1. The number of halogens is 3. The lowest BCUT2D eigenvalue weighted by molar-refractivity contribution is -0.137. The topological polar surface area (TPSA) is 23.5 Å². The molecule has 20 heavy (non-hydrogen) atoms. The number of aliphatic hydroxyl groups is 1. The number of likely N-dealkylation sites (tertiary alicyclic amines) is 1. The van der Waals surface area contributed by atoms with E-state index in [1.807, 2.05) is 6.26 Å².